The molecule has 0 aliphatic carbocycles. The number of hydrogen-bond donors (Lipinski definition) is 6. The van der Waals surface area contributed by atoms with E-state index >= 15 is 0 Å². The van der Waals surface area contributed by atoms with E-state index in [4.69, 9.17) is 24.1 Å². The number of carboxylic acid groups (broad SMARTS) is 1. The lowest BCUT2D eigenvalue weighted by atomic mass is 9.95. The van der Waals surface area contributed by atoms with Crippen LogP contribution < -0.4 is 21.3 Å². The van der Waals surface area contributed by atoms with Gasteiger partial charge in [-0.15, -0.1) is 0 Å². The Morgan fingerprint density at radius 2 is 1.02 bits per heavy atom. The van der Waals surface area contributed by atoms with Gasteiger partial charge in [-0.2, -0.15) is 0 Å². The molecule has 0 aromatic rings. The monoisotopic (exact) mass is 732 g/mol. The van der Waals surface area contributed by atoms with Crippen LogP contribution in [0.4, 0.5) is 0 Å². The lowest BCUT2D eigenvalue weighted by Crippen LogP contribution is -2.53. The molecule has 0 aliphatic rings. The van der Waals surface area contributed by atoms with Crippen molar-refractivity contribution < 1.29 is 57.9 Å². The molecule has 0 saturated heterocycles. The van der Waals surface area contributed by atoms with Crippen LogP contribution in [0.5, 0.6) is 0 Å². The molecule has 0 saturated carbocycles. The highest BCUT2D eigenvalue weighted by atomic mass is 16.5. The van der Waals surface area contributed by atoms with Crippen LogP contribution in [0.15, 0.2) is 0 Å². The van der Waals surface area contributed by atoms with E-state index in [0.29, 0.717) is 39.0 Å². The highest BCUT2D eigenvalue weighted by Gasteiger charge is 2.31. The Hall–Kier alpha value is -3.18. The Labute approximate surface area is 302 Å². The fourth-order valence-electron chi connectivity index (χ4n) is 4.71. The number of carbonyl (C=O) groups excluding carboxylic acids is 5. The molecule has 0 radical (unpaired) electrons. The molecule has 0 aromatic heterocycles. The topological polar surface area (TPSA) is 228 Å². The van der Waals surface area contributed by atoms with Gasteiger partial charge in [0, 0.05) is 38.9 Å². The first-order valence-corrected chi connectivity index (χ1v) is 18.4. The maximum atomic E-state index is 12.4. The van der Waals surface area contributed by atoms with Crippen molar-refractivity contribution in [2.45, 2.75) is 109 Å². The Balaban J connectivity index is 3.80. The summed E-state index contributed by atoms with van der Waals surface area (Å²) in [5, 5.41) is 29.1. The molecular formula is C35H64N4O12. The molecule has 51 heavy (non-hydrogen) atoms. The number of carbonyl (C=O) groups is 6. The summed E-state index contributed by atoms with van der Waals surface area (Å²) >= 11 is 0. The van der Waals surface area contributed by atoms with Gasteiger partial charge in [-0.25, -0.2) is 0 Å². The predicted octanol–water partition coefficient (Wildman–Crippen LogP) is 1.40. The third-order valence-electron chi connectivity index (χ3n) is 7.66. The molecule has 0 unspecified atom stereocenters. The molecule has 0 bridgehead atoms. The van der Waals surface area contributed by atoms with Crippen LogP contribution >= 0.6 is 0 Å². The van der Waals surface area contributed by atoms with Gasteiger partial charge in [-0.1, -0.05) is 58.3 Å². The van der Waals surface area contributed by atoms with Gasteiger partial charge in [0.1, 0.15) is 25.0 Å². The maximum absolute atomic E-state index is 12.4. The van der Waals surface area contributed by atoms with Crippen LogP contribution in [0.25, 0.3) is 0 Å². The van der Waals surface area contributed by atoms with Crippen LogP contribution in [0, 0.1) is 0 Å². The normalized spacial score (nSPS) is 12.1. The first-order chi connectivity index (χ1) is 24.7. The molecule has 296 valence electrons. The van der Waals surface area contributed by atoms with Crippen LogP contribution in [0.3, 0.4) is 0 Å². The van der Waals surface area contributed by atoms with Gasteiger partial charge in [0.2, 0.25) is 23.6 Å². The summed E-state index contributed by atoms with van der Waals surface area (Å²) in [5.41, 5.74) is -1.52. The quantitative estimate of drug-likeness (QED) is 0.0394. The van der Waals surface area contributed by atoms with Crippen molar-refractivity contribution in [2.24, 2.45) is 0 Å². The highest BCUT2D eigenvalue weighted by molar-refractivity contribution is 5.83. The SMILES string of the molecule is CCCNC(=O)COCCOCCNC(=O)COCCOCCNC(=O)CC[C@](C=O)(CO)NC(=O)CCCCCCCCCCCCC(=O)O. The Morgan fingerprint density at radius 3 is 1.49 bits per heavy atom. The first-order valence-electron chi connectivity index (χ1n) is 18.4. The molecular weight excluding hydrogens is 668 g/mol. The third-order valence-corrected chi connectivity index (χ3v) is 7.66. The minimum Gasteiger partial charge on any atom is -0.481 e. The minimum atomic E-state index is -1.52. The molecule has 0 heterocycles. The summed E-state index contributed by atoms with van der Waals surface area (Å²) in [6.07, 6.45) is 11.3. The predicted molar refractivity (Wildman–Crippen MR) is 189 cm³/mol. The molecule has 0 aliphatic heterocycles. The highest BCUT2D eigenvalue weighted by Crippen LogP contribution is 2.14. The van der Waals surface area contributed by atoms with Gasteiger partial charge in [0.15, 0.2) is 0 Å². The summed E-state index contributed by atoms with van der Waals surface area (Å²) in [5.74, 6) is -1.91. The van der Waals surface area contributed by atoms with Gasteiger partial charge in [-0.05, 0) is 25.7 Å². The Bertz CT molecular complexity index is 956. The number of aliphatic carboxylic acids is 1. The Morgan fingerprint density at radius 1 is 0.569 bits per heavy atom. The van der Waals surface area contributed by atoms with E-state index in [1.807, 2.05) is 6.92 Å². The van der Waals surface area contributed by atoms with E-state index in [2.05, 4.69) is 21.3 Å². The standard InChI is InChI=1S/C35H64N4O12/c1-2-17-36-32(44)26-50-24-23-49-21-19-38-33(45)27-51-25-22-48-20-18-37-30(42)15-16-35(28-40,29-41)39-31(43)13-11-9-7-5-3-4-6-8-10-12-14-34(46)47/h28,41H,2-27,29H2,1H3,(H,36,44)(H,37,42)(H,38,45)(H,39,43)(H,46,47)/t35-/m0/s1. The second kappa shape index (κ2) is 33.9. The zero-order valence-corrected chi connectivity index (χ0v) is 30.6. The molecule has 4 amide bonds. The zero-order chi connectivity index (χ0) is 37.8. The smallest absolute Gasteiger partial charge is 0.303 e. The van der Waals surface area contributed by atoms with Crippen molar-refractivity contribution >= 4 is 35.9 Å². The molecule has 0 rings (SSSR count). The van der Waals surface area contributed by atoms with Crippen LogP contribution in [0.1, 0.15) is 103 Å². The number of hydrogen-bond acceptors (Lipinski definition) is 11. The van der Waals surface area contributed by atoms with E-state index in [9.17, 15) is 33.9 Å². The molecule has 0 aromatic carbocycles. The Kier molecular flexibility index (Phi) is 31.8. The van der Waals surface area contributed by atoms with E-state index in [0.717, 1.165) is 64.2 Å². The summed E-state index contributed by atoms with van der Waals surface area (Å²) in [6.45, 7) is 3.79. The molecule has 0 spiro atoms. The van der Waals surface area contributed by atoms with E-state index in [-0.39, 0.29) is 95.5 Å². The van der Waals surface area contributed by atoms with Crippen LogP contribution in [0.2, 0.25) is 0 Å². The fraction of sp³-hybridized carbons (Fsp3) is 0.829. The molecule has 0 fully saturated rings. The number of carboxylic acids is 1. The molecule has 1 atom stereocenters. The average Bonchev–Trinajstić information content (AvgIpc) is 3.11. The lowest BCUT2D eigenvalue weighted by molar-refractivity contribution is -0.137. The van der Waals surface area contributed by atoms with E-state index < -0.39 is 18.1 Å². The van der Waals surface area contributed by atoms with Crippen molar-refractivity contribution in [3.8, 4) is 0 Å². The number of nitrogens with one attached hydrogen (secondary N) is 4. The average molecular weight is 733 g/mol. The van der Waals surface area contributed by atoms with Gasteiger partial charge in [0.25, 0.3) is 0 Å². The maximum Gasteiger partial charge on any atom is 0.303 e. The first kappa shape index (κ1) is 47.8. The number of aldehydes is 1. The van der Waals surface area contributed by atoms with Crippen molar-refractivity contribution in [3.05, 3.63) is 0 Å². The molecule has 16 heteroatoms. The van der Waals surface area contributed by atoms with Gasteiger partial charge in [-0.3, -0.25) is 24.0 Å². The van der Waals surface area contributed by atoms with Crippen molar-refractivity contribution in [1.29, 1.82) is 0 Å². The zero-order valence-electron chi connectivity index (χ0n) is 30.6. The summed E-state index contributed by atoms with van der Waals surface area (Å²) in [4.78, 5) is 70.1. The van der Waals surface area contributed by atoms with Gasteiger partial charge < -0.3 is 55.2 Å². The van der Waals surface area contributed by atoms with Crippen LogP contribution in [-0.4, -0.2) is 131 Å². The summed E-state index contributed by atoms with van der Waals surface area (Å²) in [6, 6.07) is 0. The lowest BCUT2D eigenvalue weighted by Gasteiger charge is -2.27. The van der Waals surface area contributed by atoms with Gasteiger partial charge in [0.05, 0.1) is 46.2 Å². The number of aliphatic hydroxyl groups excluding tert-OH is 1. The molecule has 16 nitrogen and oxygen atoms in total. The minimum absolute atomic E-state index is 0.0151. The number of amides is 4. The van der Waals surface area contributed by atoms with Crippen LogP contribution in [-0.2, 0) is 47.7 Å². The number of unbranched alkanes of at least 4 members (excludes halogenated alkanes) is 9. The van der Waals surface area contributed by atoms with Gasteiger partial charge >= 0.3 is 5.97 Å². The van der Waals surface area contributed by atoms with Crippen molar-refractivity contribution in [2.75, 3.05) is 79.1 Å². The largest absolute Gasteiger partial charge is 0.481 e. The fourth-order valence-corrected chi connectivity index (χ4v) is 4.71. The molecule has 6 N–H and O–H groups in total. The van der Waals surface area contributed by atoms with Crippen molar-refractivity contribution in [1.82, 2.24) is 21.3 Å². The number of aliphatic hydroxyl groups is 1. The number of ether oxygens (including phenoxy) is 4. The number of rotatable bonds is 37. The summed E-state index contributed by atoms with van der Waals surface area (Å²) < 4.78 is 21.2. The second-order valence-electron chi connectivity index (χ2n) is 12.3. The van der Waals surface area contributed by atoms with Crippen molar-refractivity contribution in [3.63, 3.8) is 0 Å². The summed E-state index contributed by atoms with van der Waals surface area (Å²) in [7, 11) is 0. The van der Waals surface area contributed by atoms with E-state index in [1.54, 1.807) is 0 Å². The second-order valence-corrected chi connectivity index (χ2v) is 12.3. The third kappa shape index (κ3) is 31.3. The van der Waals surface area contributed by atoms with E-state index in [1.165, 1.54) is 0 Å².